The lowest BCUT2D eigenvalue weighted by Crippen LogP contribution is -2.22. The van der Waals surface area contributed by atoms with Crippen molar-refractivity contribution in [1.82, 2.24) is 9.97 Å². The zero-order chi connectivity index (χ0) is 19.3. The summed E-state index contributed by atoms with van der Waals surface area (Å²) in [7, 11) is 0. The standard InChI is InChI=1S/C21H17N3OS3/c1-15(25)24(18-10-6-3-7-11-18)20-22-17(12-26-20)13-27-21-23-19(14-28-21)16-8-4-2-5-9-16/h2-12,14H,13H2,1H3. The second-order valence-corrected chi connectivity index (χ2v) is 8.88. The van der Waals surface area contributed by atoms with Gasteiger partial charge in [0, 0.05) is 29.0 Å². The molecule has 0 saturated heterocycles. The number of thiazole rings is 2. The number of aromatic nitrogens is 2. The molecule has 0 bridgehead atoms. The third-order valence-corrected chi connectivity index (χ3v) is 6.89. The molecule has 0 radical (unpaired) electrons. The number of carbonyl (C=O) groups excluding carboxylic acids is 1. The lowest BCUT2D eigenvalue weighted by atomic mass is 10.2. The minimum Gasteiger partial charge on any atom is -0.274 e. The van der Waals surface area contributed by atoms with E-state index >= 15 is 0 Å². The van der Waals surface area contributed by atoms with Crippen LogP contribution in [0.1, 0.15) is 12.6 Å². The van der Waals surface area contributed by atoms with Crippen LogP contribution in [0.4, 0.5) is 10.8 Å². The summed E-state index contributed by atoms with van der Waals surface area (Å²) in [5.74, 6) is 0.672. The van der Waals surface area contributed by atoms with Crippen molar-refractivity contribution < 1.29 is 4.79 Å². The molecule has 0 aliphatic carbocycles. The fourth-order valence-electron chi connectivity index (χ4n) is 2.67. The van der Waals surface area contributed by atoms with E-state index in [-0.39, 0.29) is 5.91 Å². The third-order valence-electron chi connectivity index (χ3n) is 3.96. The molecule has 0 unspecified atom stereocenters. The monoisotopic (exact) mass is 423 g/mol. The van der Waals surface area contributed by atoms with Crippen molar-refractivity contribution in [2.75, 3.05) is 4.90 Å². The zero-order valence-electron chi connectivity index (χ0n) is 15.1. The zero-order valence-corrected chi connectivity index (χ0v) is 17.6. The van der Waals surface area contributed by atoms with Crippen molar-refractivity contribution in [3.05, 3.63) is 77.1 Å². The second kappa shape index (κ2) is 8.68. The van der Waals surface area contributed by atoms with Gasteiger partial charge in [-0.05, 0) is 12.1 Å². The number of hydrogen-bond acceptors (Lipinski definition) is 6. The summed E-state index contributed by atoms with van der Waals surface area (Å²) in [6, 6.07) is 19.8. The van der Waals surface area contributed by atoms with E-state index in [0.717, 1.165) is 32.7 Å². The van der Waals surface area contributed by atoms with E-state index in [0.29, 0.717) is 5.13 Å². The highest BCUT2D eigenvalue weighted by molar-refractivity contribution is 8.00. The van der Waals surface area contributed by atoms with Gasteiger partial charge >= 0.3 is 0 Å². The number of para-hydroxylation sites is 1. The van der Waals surface area contributed by atoms with Gasteiger partial charge < -0.3 is 0 Å². The van der Waals surface area contributed by atoms with Gasteiger partial charge in [0.2, 0.25) is 5.91 Å². The number of anilines is 2. The van der Waals surface area contributed by atoms with Gasteiger partial charge in [0.25, 0.3) is 0 Å². The normalized spacial score (nSPS) is 10.8. The van der Waals surface area contributed by atoms with Crippen molar-refractivity contribution in [1.29, 1.82) is 0 Å². The quantitative estimate of drug-likeness (QED) is 0.344. The Balaban J connectivity index is 1.45. The molecule has 2 aromatic carbocycles. The van der Waals surface area contributed by atoms with E-state index in [1.807, 2.05) is 53.9 Å². The maximum absolute atomic E-state index is 12.1. The number of amides is 1. The predicted molar refractivity (Wildman–Crippen MR) is 118 cm³/mol. The fraction of sp³-hybridized carbons (Fsp3) is 0.0952. The highest BCUT2D eigenvalue weighted by atomic mass is 32.2. The maximum atomic E-state index is 12.1. The molecular formula is C21H17N3OS3. The molecule has 0 spiro atoms. The van der Waals surface area contributed by atoms with Crippen LogP contribution in [0.3, 0.4) is 0 Å². The molecular weight excluding hydrogens is 406 g/mol. The summed E-state index contributed by atoms with van der Waals surface area (Å²) in [5.41, 5.74) is 3.90. The summed E-state index contributed by atoms with van der Waals surface area (Å²) in [5, 5.41) is 4.78. The van der Waals surface area contributed by atoms with Crippen LogP contribution in [-0.2, 0) is 10.5 Å². The largest absolute Gasteiger partial charge is 0.274 e. The van der Waals surface area contributed by atoms with Gasteiger partial charge in [-0.1, -0.05) is 60.3 Å². The molecule has 1 amide bonds. The van der Waals surface area contributed by atoms with Gasteiger partial charge in [-0.2, -0.15) is 0 Å². The molecule has 7 heteroatoms. The number of thioether (sulfide) groups is 1. The molecule has 2 aromatic heterocycles. The van der Waals surface area contributed by atoms with Crippen LogP contribution in [0.2, 0.25) is 0 Å². The van der Waals surface area contributed by atoms with Crippen molar-refractivity contribution >= 4 is 51.2 Å². The number of carbonyl (C=O) groups is 1. The lowest BCUT2D eigenvalue weighted by Gasteiger charge is -2.17. The summed E-state index contributed by atoms with van der Waals surface area (Å²) in [6.45, 7) is 1.56. The number of nitrogens with zero attached hydrogens (tertiary/aromatic N) is 3. The molecule has 0 atom stereocenters. The number of rotatable bonds is 6. The van der Waals surface area contributed by atoms with Gasteiger partial charge in [-0.3, -0.25) is 9.69 Å². The van der Waals surface area contributed by atoms with Gasteiger partial charge in [0.1, 0.15) is 0 Å². The minimum absolute atomic E-state index is 0.0489. The number of hydrogen-bond donors (Lipinski definition) is 0. The molecule has 0 fully saturated rings. The Morgan fingerprint density at radius 1 is 0.964 bits per heavy atom. The minimum atomic E-state index is -0.0489. The molecule has 2 heterocycles. The Morgan fingerprint density at radius 2 is 1.68 bits per heavy atom. The Hall–Kier alpha value is -2.48. The lowest BCUT2D eigenvalue weighted by molar-refractivity contribution is -0.115. The summed E-state index contributed by atoms with van der Waals surface area (Å²) < 4.78 is 1.01. The summed E-state index contributed by atoms with van der Waals surface area (Å²) in [6.07, 6.45) is 0. The van der Waals surface area contributed by atoms with Crippen LogP contribution < -0.4 is 4.90 Å². The first-order valence-electron chi connectivity index (χ1n) is 8.64. The average Bonchev–Trinajstić information content (AvgIpc) is 3.38. The Kier molecular flexibility index (Phi) is 5.85. The molecule has 0 saturated carbocycles. The topological polar surface area (TPSA) is 46.1 Å². The van der Waals surface area contributed by atoms with E-state index in [9.17, 15) is 4.79 Å². The highest BCUT2D eigenvalue weighted by Crippen LogP contribution is 2.33. The Labute approximate surface area is 175 Å². The van der Waals surface area contributed by atoms with Crippen LogP contribution in [0, 0.1) is 0 Å². The smallest absolute Gasteiger partial charge is 0.230 e. The molecule has 0 N–H and O–H groups in total. The van der Waals surface area contributed by atoms with Gasteiger partial charge in [-0.25, -0.2) is 9.97 Å². The molecule has 4 nitrogen and oxygen atoms in total. The van der Waals surface area contributed by atoms with E-state index < -0.39 is 0 Å². The van der Waals surface area contributed by atoms with E-state index in [4.69, 9.17) is 4.98 Å². The van der Waals surface area contributed by atoms with Crippen LogP contribution in [0.25, 0.3) is 11.3 Å². The van der Waals surface area contributed by atoms with Gasteiger partial charge in [-0.15, -0.1) is 22.7 Å². The van der Waals surface area contributed by atoms with E-state index in [1.165, 1.54) is 11.3 Å². The van der Waals surface area contributed by atoms with Crippen LogP contribution in [0.5, 0.6) is 0 Å². The van der Waals surface area contributed by atoms with Crippen molar-refractivity contribution in [3.8, 4) is 11.3 Å². The molecule has 4 aromatic rings. The first-order valence-corrected chi connectivity index (χ1v) is 11.4. The van der Waals surface area contributed by atoms with Crippen molar-refractivity contribution in [2.45, 2.75) is 17.0 Å². The van der Waals surface area contributed by atoms with E-state index in [2.05, 4.69) is 22.5 Å². The summed E-state index contributed by atoms with van der Waals surface area (Å²) >= 11 is 4.79. The average molecular weight is 424 g/mol. The Bertz CT molecular complexity index is 1060. The van der Waals surface area contributed by atoms with Crippen molar-refractivity contribution in [3.63, 3.8) is 0 Å². The maximum Gasteiger partial charge on any atom is 0.230 e. The second-order valence-electron chi connectivity index (χ2n) is 5.96. The van der Waals surface area contributed by atoms with Gasteiger partial charge in [0.15, 0.2) is 9.47 Å². The SMILES string of the molecule is CC(=O)N(c1ccccc1)c1nc(CSc2nc(-c3ccccc3)cs2)cs1. The fourth-order valence-corrected chi connectivity index (χ4v) is 5.39. The highest BCUT2D eigenvalue weighted by Gasteiger charge is 2.17. The first kappa shape index (κ1) is 18.9. The van der Waals surface area contributed by atoms with Crippen LogP contribution in [0.15, 0.2) is 75.8 Å². The predicted octanol–water partition coefficient (Wildman–Crippen LogP) is 6.24. The molecule has 0 aliphatic heterocycles. The van der Waals surface area contributed by atoms with Crippen LogP contribution >= 0.6 is 34.4 Å². The molecule has 28 heavy (non-hydrogen) atoms. The summed E-state index contributed by atoms with van der Waals surface area (Å²) in [4.78, 5) is 23.2. The van der Waals surface area contributed by atoms with Gasteiger partial charge in [0.05, 0.1) is 17.1 Å². The van der Waals surface area contributed by atoms with Crippen molar-refractivity contribution in [2.24, 2.45) is 0 Å². The van der Waals surface area contributed by atoms with E-state index in [1.54, 1.807) is 34.9 Å². The molecule has 140 valence electrons. The molecule has 4 rings (SSSR count). The molecule has 0 aliphatic rings. The van der Waals surface area contributed by atoms with Crippen LogP contribution in [-0.4, -0.2) is 15.9 Å². The number of benzene rings is 2. The first-order chi connectivity index (χ1) is 13.7. The Morgan fingerprint density at radius 3 is 2.39 bits per heavy atom. The third kappa shape index (κ3) is 4.32.